The van der Waals surface area contributed by atoms with Gasteiger partial charge in [-0.05, 0) is 39.2 Å². The molecule has 3 rings (SSSR count). The molecule has 0 aliphatic carbocycles. The van der Waals surface area contributed by atoms with Crippen LogP contribution < -0.4 is 5.32 Å². The van der Waals surface area contributed by atoms with Crippen LogP contribution >= 0.6 is 24.0 Å². The summed E-state index contributed by atoms with van der Waals surface area (Å²) in [5.41, 5.74) is 2.47. The molecule has 2 atom stereocenters. The predicted octanol–water partition coefficient (Wildman–Crippen LogP) is 3.17. The summed E-state index contributed by atoms with van der Waals surface area (Å²) in [6.45, 7) is 8.17. The van der Waals surface area contributed by atoms with E-state index in [1.807, 2.05) is 0 Å². The van der Waals surface area contributed by atoms with Crippen molar-refractivity contribution in [1.29, 1.82) is 0 Å². The third kappa shape index (κ3) is 5.64. The third-order valence-electron chi connectivity index (χ3n) is 5.93. The van der Waals surface area contributed by atoms with Crippen LogP contribution in [0.5, 0.6) is 0 Å². The number of rotatable bonds is 3. The first-order valence-electron chi connectivity index (χ1n) is 10.1. The molecule has 164 valence electrons. The van der Waals surface area contributed by atoms with E-state index >= 15 is 0 Å². The molecule has 0 radical (unpaired) electrons. The average Bonchev–Trinajstić information content (AvgIpc) is 2.66. The van der Waals surface area contributed by atoms with E-state index in [-0.39, 0.29) is 35.8 Å². The highest BCUT2D eigenvalue weighted by molar-refractivity contribution is 14.0. The first kappa shape index (κ1) is 24.4. The molecule has 0 spiro atoms. The summed E-state index contributed by atoms with van der Waals surface area (Å²) in [5, 5.41) is 3.49. The lowest BCUT2D eigenvalue weighted by Crippen LogP contribution is -2.57. The van der Waals surface area contributed by atoms with Crippen LogP contribution in [0.2, 0.25) is 0 Å². The minimum absolute atomic E-state index is 0. The highest BCUT2D eigenvalue weighted by Gasteiger charge is 2.41. The molecular formula is C21H34IN3O3S. The normalized spacial score (nSPS) is 26.5. The van der Waals surface area contributed by atoms with Gasteiger partial charge in [0.2, 0.25) is 0 Å². The Morgan fingerprint density at radius 3 is 2.62 bits per heavy atom. The van der Waals surface area contributed by atoms with Gasteiger partial charge < -0.3 is 15.0 Å². The smallest absolute Gasteiger partial charge is 0.193 e. The Balaban J connectivity index is 0.00000300. The number of sulfone groups is 1. The molecule has 2 unspecified atom stereocenters. The zero-order chi connectivity index (χ0) is 20.4. The van der Waals surface area contributed by atoms with E-state index in [0.717, 1.165) is 32.0 Å². The Bertz CT molecular complexity index is 809. The fourth-order valence-corrected chi connectivity index (χ4v) is 5.42. The quantitative estimate of drug-likeness (QED) is 0.366. The lowest BCUT2D eigenvalue weighted by atomic mass is 9.89. The second-order valence-electron chi connectivity index (χ2n) is 8.53. The molecule has 2 aliphatic heterocycles. The third-order valence-corrected chi connectivity index (χ3v) is 8.46. The van der Waals surface area contributed by atoms with Gasteiger partial charge in [0.15, 0.2) is 15.8 Å². The van der Waals surface area contributed by atoms with Crippen LogP contribution in [0.4, 0.5) is 0 Å². The van der Waals surface area contributed by atoms with Crippen LogP contribution in [0.1, 0.15) is 43.9 Å². The second-order valence-corrected chi connectivity index (χ2v) is 11.3. The van der Waals surface area contributed by atoms with Crippen LogP contribution in [0.3, 0.4) is 0 Å². The number of aliphatic imine (C=N–C) groups is 1. The highest BCUT2D eigenvalue weighted by Crippen LogP contribution is 2.33. The number of guanidine groups is 1. The summed E-state index contributed by atoms with van der Waals surface area (Å²) in [6.07, 6.45) is 2.24. The van der Waals surface area contributed by atoms with Crippen molar-refractivity contribution in [2.75, 3.05) is 39.0 Å². The van der Waals surface area contributed by atoms with Crippen LogP contribution in [0.25, 0.3) is 0 Å². The van der Waals surface area contributed by atoms with Crippen LogP contribution in [-0.4, -0.2) is 63.1 Å². The van der Waals surface area contributed by atoms with Gasteiger partial charge in [0.05, 0.1) is 16.6 Å². The Kier molecular flexibility index (Phi) is 8.38. The first-order chi connectivity index (χ1) is 13.2. The van der Waals surface area contributed by atoms with E-state index in [0.29, 0.717) is 19.0 Å². The summed E-state index contributed by atoms with van der Waals surface area (Å²) in [6, 6.07) is 8.58. The van der Waals surface area contributed by atoms with Crippen molar-refractivity contribution in [3.05, 3.63) is 35.4 Å². The highest BCUT2D eigenvalue weighted by atomic mass is 127. The van der Waals surface area contributed by atoms with Crippen molar-refractivity contribution in [2.24, 2.45) is 10.9 Å². The molecule has 0 aromatic heterocycles. The van der Waals surface area contributed by atoms with Crippen molar-refractivity contribution < 1.29 is 13.2 Å². The summed E-state index contributed by atoms with van der Waals surface area (Å²) < 4.78 is 29.9. The topological polar surface area (TPSA) is 71.0 Å². The molecule has 0 amide bonds. The van der Waals surface area contributed by atoms with Crippen LogP contribution in [0, 0.1) is 12.8 Å². The molecule has 0 bridgehead atoms. The van der Waals surface area contributed by atoms with E-state index in [2.05, 4.69) is 46.4 Å². The number of hydrogen-bond acceptors (Lipinski definition) is 4. The van der Waals surface area contributed by atoms with E-state index in [4.69, 9.17) is 4.74 Å². The summed E-state index contributed by atoms with van der Waals surface area (Å²) >= 11 is 0. The van der Waals surface area contributed by atoms with Crippen molar-refractivity contribution in [3.63, 3.8) is 0 Å². The fraction of sp³-hybridized carbons (Fsp3) is 0.667. The maximum Gasteiger partial charge on any atom is 0.193 e. The van der Waals surface area contributed by atoms with Crippen molar-refractivity contribution >= 4 is 39.8 Å². The monoisotopic (exact) mass is 535 g/mol. The number of nitrogens with zero attached hydrogens (tertiary/aromatic N) is 2. The molecule has 2 heterocycles. The van der Waals surface area contributed by atoms with E-state index in [1.54, 1.807) is 20.9 Å². The Morgan fingerprint density at radius 1 is 1.31 bits per heavy atom. The van der Waals surface area contributed by atoms with Crippen LogP contribution in [0.15, 0.2) is 29.3 Å². The molecule has 8 heteroatoms. The molecule has 1 aromatic rings. The number of nitrogens with one attached hydrogen (secondary N) is 1. The van der Waals surface area contributed by atoms with Gasteiger partial charge in [0.25, 0.3) is 0 Å². The molecular weight excluding hydrogens is 501 g/mol. The molecule has 2 aliphatic rings. The summed E-state index contributed by atoms with van der Waals surface area (Å²) in [4.78, 5) is 6.48. The van der Waals surface area contributed by atoms with Gasteiger partial charge in [0, 0.05) is 39.2 Å². The van der Waals surface area contributed by atoms with Gasteiger partial charge in [-0.25, -0.2) is 8.42 Å². The fourth-order valence-electron chi connectivity index (χ4n) is 4.06. The number of aryl methyl sites for hydroxylation is 1. The van der Waals surface area contributed by atoms with Gasteiger partial charge in [-0.2, -0.15) is 0 Å². The summed E-state index contributed by atoms with van der Waals surface area (Å²) in [5.74, 6) is 1.30. The second kappa shape index (κ2) is 9.96. The van der Waals surface area contributed by atoms with Gasteiger partial charge in [-0.1, -0.05) is 29.8 Å². The first-order valence-corrected chi connectivity index (χ1v) is 11.7. The van der Waals surface area contributed by atoms with E-state index in [9.17, 15) is 8.42 Å². The SMILES string of the molecule is CN=C(NCC1CCCOC1c1ccc(C)cc1)N1CCS(=O)(=O)C(C)(C)C1.I. The maximum atomic E-state index is 12.3. The van der Waals surface area contributed by atoms with Crippen molar-refractivity contribution in [2.45, 2.75) is 44.5 Å². The van der Waals surface area contributed by atoms with Crippen LogP contribution in [-0.2, 0) is 14.6 Å². The summed E-state index contributed by atoms with van der Waals surface area (Å²) in [7, 11) is -1.31. The van der Waals surface area contributed by atoms with Gasteiger partial charge >= 0.3 is 0 Å². The zero-order valence-electron chi connectivity index (χ0n) is 17.8. The largest absolute Gasteiger partial charge is 0.373 e. The molecule has 2 fully saturated rings. The molecule has 2 saturated heterocycles. The molecule has 1 aromatic carbocycles. The number of halogens is 1. The predicted molar refractivity (Wildman–Crippen MR) is 129 cm³/mol. The van der Waals surface area contributed by atoms with Gasteiger partial charge in [-0.15, -0.1) is 24.0 Å². The number of ether oxygens (including phenoxy) is 1. The zero-order valence-corrected chi connectivity index (χ0v) is 21.0. The lowest BCUT2D eigenvalue weighted by Gasteiger charge is -2.40. The Hall–Kier alpha value is -0.870. The lowest BCUT2D eigenvalue weighted by molar-refractivity contribution is -0.0266. The standard InChI is InChI=1S/C21H33N3O3S.HI/c1-16-7-9-17(10-8-16)19-18(6-5-12-27-19)14-23-20(22-4)24-11-13-28(25,26)21(2,3)15-24;/h7-10,18-19H,5-6,11-15H2,1-4H3,(H,22,23);1H. The number of benzene rings is 1. The molecule has 29 heavy (non-hydrogen) atoms. The van der Waals surface area contributed by atoms with E-state index in [1.165, 1.54) is 11.1 Å². The molecule has 6 nitrogen and oxygen atoms in total. The van der Waals surface area contributed by atoms with Gasteiger partial charge in [-0.3, -0.25) is 4.99 Å². The van der Waals surface area contributed by atoms with Crippen molar-refractivity contribution in [3.8, 4) is 0 Å². The Labute approximate surface area is 192 Å². The van der Waals surface area contributed by atoms with E-state index < -0.39 is 14.6 Å². The molecule has 0 saturated carbocycles. The maximum absolute atomic E-state index is 12.3. The minimum atomic E-state index is -3.06. The van der Waals surface area contributed by atoms with Gasteiger partial charge in [0.1, 0.15) is 0 Å². The minimum Gasteiger partial charge on any atom is -0.373 e. The van der Waals surface area contributed by atoms with Crippen molar-refractivity contribution in [1.82, 2.24) is 10.2 Å². The molecule has 1 N–H and O–H groups in total. The Morgan fingerprint density at radius 2 is 2.00 bits per heavy atom. The average molecular weight is 535 g/mol. The number of hydrogen-bond donors (Lipinski definition) is 1.